The van der Waals surface area contributed by atoms with Gasteiger partial charge in [-0.1, -0.05) is 23.8 Å². The van der Waals surface area contributed by atoms with Crippen LogP contribution in [-0.4, -0.2) is 12.6 Å². The van der Waals surface area contributed by atoms with Gasteiger partial charge in [0.2, 0.25) is 0 Å². The maximum Gasteiger partial charge on any atom is 0.0318 e. The second-order valence-electron chi connectivity index (χ2n) is 3.56. The molecular formula is C10H15N. The summed E-state index contributed by atoms with van der Waals surface area (Å²) in [6.45, 7) is 3.36. The smallest absolute Gasteiger partial charge is 0.0318 e. The zero-order valence-corrected chi connectivity index (χ0v) is 7.01. The van der Waals surface area contributed by atoms with Crippen molar-refractivity contribution >= 4 is 0 Å². The fraction of sp³-hybridized carbons (Fsp3) is 0.600. The number of piperidine rings is 1. The Morgan fingerprint density at radius 2 is 2.45 bits per heavy atom. The van der Waals surface area contributed by atoms with Gasteiger partial charge in [0, 0.05) is 6.04 Å². The van der Waals surface area contributed by atoms with Gasteiger partial charge in [0.15, 0.2) is 0 Å². The Morgan fingerprint density at radius 1 is 1.55 bits per heavy atom. The molecule has 11 heavy (non-hydrogen) atoms. The van der Waals surface area contributed by atoms with Gasteiger partial charge in [-0.25, -0.2) is 0 Å². The molecule has 1 aliphatic carbocycles. The van der Waals surface area contributed by atoms with Gasteiger partial charge in [-0.2, -0.15) is 0 Å². The molecule has 1 heterocycles. The van der Waals surface area contributed by atoms with E-state index < -0.39 is 0 Å². The normalized spacial score (nSPS) is 36.3. The lowest BCUT2D eigenvalue weighted by atomic mass is 9.86. The Kier molecular flexibility index (Phi) is 1.82. The number of rotatable bonds is 0. The molecular weight excluding hydrogens is 134 g/mol. The summed E-state index contributed by atoms with van der Waals surface area (Å²) < 4.78 is 0. The van der Waals surface area contributed by atoms with Crippen LogP contribution in [0.3, 0.4) is 0 Å². The van der Waals surface area contributed by atoms with Gasteiger partial charge in [-0.05, 0) is 32.2 Å². The minimum atomic E-state index is 0.633. The largest absolute Gasteiger partial charge is 0.310 e. The molecule has 0 radical (unpaired) electrons. The van der Waals surface area contributed by atoms with Crippen molar-refractivity contribution in [3.8, 4) is 0 Å². The highest BCUT2D eigenvalue weighted by Crippen LogP contribution is 2.23. The van der Waals surface area contributed by atoms with E-state index >= 15 is 0 Å². The monoisotopic (exact) mass is 149 g/mol. The van der Waals surface area contributed by atoms with Crippen molar-refractivity contribution in [2.45, 2.75) is 25.8 Å². The Balaban J connectivity index is 2.13. The highest BCUT2D eigenvalue weighted by molar-refractivity contribution is 5.26. The molecule has 0 bridgehead atoms. The molecule has 0 aromatic heterocycles. The van der Waals surface area contributed by atoms with Crippen molar-refractivity contribution in [3.05, 3.63) is 23.8 Å². The summed E-state index contributed by atoms with van der Waals surface area (Å²) in [7, 11) is 0. The average Bonchev–Trinajstić information content (AvgIpc) is 2.04. The summed E-state index contributed by atoms with van der Waals surface area (Å²) in [5, 5.41) is 3.52. The molecule has 2 atom stereocenters. The van der Waals surface area contributed by atoms with Gasteiger partial charge < -0.3 is 5.32 Å². The van der Waals surface area contributed by atoms with Gasteiger partial charge in [-0.15, -0.1) is 0 Å². The summed E-state index contributed by atoms with van der Waals surface area (Å²) in [6.07, 6.45) is 9.64. The summed E-state index contributed by atoms with van der Waals surface area (Å²) >= 11 is 0. The summed E-state index contributed by atoms with van der Waals surface area (Å²) in [4.78, 5) is 0. The van der Waals surface area contributed by atoms with Crippen LogP contribution in [0.5, 0.6) is 0 Å². The molecule has 0 amide bonds. The zero-order chi connectivity index (χ0) is 7.68. The highest BCUT2D eigenvalue weighted by atomic mass is 14.9. The third kappa shape index (κ3) is 1.38. The second kappa shape index (κ2) is 2.82. The Labute approximate surface area is 68.2 Å². The highest BCUT2D eigenvalue weighted by Gasteiger charge is 2.22. The second-order valence-corrected chi connectivity index (χ2v) is 3.56. The first-order valence-electron chi connectivity index (χ1n) is 4.46. The molecule has 1 heteroatoms. The van der Waals surface area contributed by atoms with E-state index in [-0.39, 0.29) is 0 Å². The van der Waals surface area contributed by atoms with Gasteiger partial charge in [0.1, 0.15) is 0 Å². The van der Waals surface area contributed by atoms with E-state index in [2.05, 4.69) is 30.5 Å². The van der Waals surface area contributed by atoms with E-state index in [1.807, 2.05) is 0 Å². The molecule has 1 N–H and O–H groups in total. The molecule has 2 aliphatic rings. The van der Waals surface area contributed by atoms with E-state index in [1.54, 1.807) is 0 Å². The summed E-state index contributed by atoms with van der Waals surface area (Å²) in [5.41, 5.74) is 1.40. The number of nitrogens with one attached hydrogen (secondary N) is 1. The molecule has 60 valence electrons. The summed E-state index contributed by atoms with van der Waals surface area (Å²) in [5.74, 6) is 0.771. The van der Waals surface area contributed by atoms with E-state index in [1.165, 1.54) is 25.0 Å². The van der Waals surface area contributed by atoms with Crippen LogP contribution in [0.25, 0.3) is 0 Å². The fourth-order valence-corrected chi connectivity index (χ4v) is 1.95. The Hall–Kier alpha value is -0.560. The molecule has 2 unspecified atom stereocenters. The Morgan fingerprint density at radius 3 is 3.36 bits per heavy atom. The lowest BCUT2D eigenvalue weighted by molar-refractivity contribution is 0.371. The molecule has 1 saturated heterocycles. The number of allylic oxidation sites excluding steroid dienone is 2. The van der Waals surface area contributed by atoms with E-state index in [0.29, 0.717) is 6.04 Å². The van der Waals surface area contributed by atoms with Crippen molar-refractivity contribution < 1.29 is 0 Å². The van der Waals surface area contributed by atoms with Crippen LogP contribution in [0.4, 0.5) is 0 Å². The quantitative estimate of drug-likeness (QED) is 0.554. The molecule has 0 aromatic carbocycles. The fourth-order valence-electron chi connectivity index (χ4n) is 1.95. The van der Waals surface area contributed by atoms with Crippen LogP contribution in [0.15, 0.2) is 23.8 Å². The lowest BCUT2D eigenvalue weighted by Gasteiger charge is -2.31. The zero-order valence-electron chi connectivity index (χ0n) is 7.01. The maximum atomic E-state index is 3.52. The van der Waals surface area contributed by atoms with Gasteiger partial charge in [-0.3, -0.25) is 0 Å². The number of fused-ring (bicyclic) bond motifs is 1. The minimum absolute atomic E-state index is 0.633. The molecule has 0 spiro atoms. The van der Waals surface area contributed by atoms with Crippen LogP contribution >= 0.6 is 0 Å². The van der Waals surface area contributed by atoms with E-state index in [0.717, 1.165) is 5.92 Å². The van der Waals surface area contributed by atoms with E-state index in [9.17, 15) is 0 Å². The Bertz CT molecular complexity index is 203. The number of hydrogen-bond donors (Lipinski definition) is 1. The standard InChI is InChI=1S/C10H15N/c1-8-4-5-9-3-2-6-11-10(9)7-8/h4-5,7,9-11H,2-3,6H2,1H3. The van der Waals surface area contributed by atoms with E-state index in [4.69, 9.17) is 0 Å². The van der Waals surface area contributed by atoms with Gasteiger partial charge in [0.25, 0.3) is 0 Å². The topological polar surface area (TPSA) is 12.0 Å². The van der Waals surface area contributed by atoms with Crippen molar-refractivity contribution in [3.63, 3.8) is 0 Å². The van der Waals surface area contributed by atoms with Crippen molar-refractivity contribution in [1.29, 1.82) is 0 Å². The molecule has 2 rings (SSSR count). The van der Waals surface area contributed by atoms with Crippen LogP contribution in [0.2, 0.25) is 0 Å². The molecule has 1 nitrogen and oxygen atoms in total. The van der Waals surface area contributed by atoms with Crippen LogP contribution in [-0.2, 0) is 0 Å². The van der Waals surface area contributed by atoms with Crippen molar-refractivity contribution in [1.82, 2.24) is 5.32 Å². The van der Waals surface area contributed by atoms with Gasteiger partial charge >= 0.3 is 0 Å². The first kappa shape index (κ1) is 7.11. The SMILES string of the molecule is CC1=CC2NCCCC2C=C1. The van der Waals surface area contributed by atoms with Crippen molar-refractivity contribution in [2.24, 2.45) is 5.92 Å². The van der Waals surface area contributed by atoms with Gasteiger partial charge in [0.05, 0.1) is 0 Å². The first-order chi connectivity index (χ1) is 5.36. The molecule has 1 fully saturated rings. The van der Waals surface area contributed by atoms with Crippen molar-refractivity contribution in [2.75, 3.05) is 6.54 Å². The van der Waals surface area contributed by atoms with Crippen LogP contribution in [0.1, 0.15) is 19.8 Å². The third-order valence-electron chi connectivity index (χ3n) is 2.60. The molecule has 0 aromatic rings. The predicted octanol–water partition coefficient (Wildman–Crippen LogP) is 1.87. The molecule has 0 saturated carbocycles. The first-order valence-corrected chi connectivity index (χ1v) is 4.46. The molecule has 1 aliphatic heterocycles. The average molecular weight is 149 g/mol. The predicted molar refractivity (Wildman–Crippen MR) is 47.4 cm³/mol. The maximum absolute atomic E-state index is 3.52. The third-order valence-corrected chi connectivity index (χ3v) is 2.60. The summed E-state index contributed by atoms with van der Waals surface area (Å²) in [6, 6.07) is 0.633. The van der Waals surface area contributed by atoms with Crippen LogP contribution in [0, 0.1) is 5.92 Å². The van der Waals surface area contributed by atoms with Crippen LogP contribution < -0.4 is 5.32 Å². The number of hydrogen-bond acceptors (Lipinski definition) is 1. The minimum Gasteiger partial charge on any atom is -0.310 e. The lowest BCUT2D eigenvalue weighted by Crippen LogP contribution is -2.40.